The van der Waals surface area contributed by atoms with Crippen LogP contribution in [0.15, 0.2) is 48.5 Å². The molecule has 0 radical (unpaired) electrons. The number of hydrogen-bond acceptors (Lipinski definition) is 2. The molecule has 1 heterocycles. The quantitative estimate of drug-likeness (QED) is 0.909. The number of para-hydroxylation sites is 2. The molecule has 3 amide bonds. The van der Waals surface area contributed by atoms with Crippen molar-refractivity contribution >= 4 is 23.3 Å². The third-order valence-corrected chi connectivity index (χ3v) is 3.96. The standard InChI is InChI=1S/C19H21N3O2/c1-13(2)20-19(24)21-16-9-5-4-8-15(16)18(23)22-12-11-14-7-3-6-10-17(14)22/h3-10,13H,11-12H2,1-2H3,(H2,20,21,24). The average molecular weight is 323 g/mol. The van der Waals surface area contributed by atoms with Crippen molar-refractivity contribution in [3.05, 3.63) is 59.7 Å². The van der Waals surface area contributed by atoms with Crippen molar-refractivity contribution in [2.45, 2.75) is 26.3 Å². The van der Waals surface area contributed by atoms with Gasteiger partial charge in [0.1, 0.15) is 0 Å². The van der Waals surface area contributed by atoms with Crippen molar-refractivity contribution < 1.29 is 9.59 Å². The number of nitrogens with zero attached hydrogens (tertiary/aromatic N) is 1. The van der Waals surface area contributed by atoms with Gasteiger partial charge in [0.15, 0.2) is 0 Å². The summed E-state index contributed by atoms with van der Waals surface area (Å²) in [6.45, 7) is 4.43. The number of nitrogens with one attached hydrogen (secondary N) is 2. The first-order valence-electron chi connectivity index (χ1n) is 8.12. The number of carbonyl (C=O) groups is 2. The van der Waals surface area contributed by atoms with Gasteiger partial charge in [-0.25, -0.2) is 4.79 Å². The molecule has 1 aliphatic heterocycles. The Balaban J connectivity index is 1.85. The molecule has 5 heteroatoms. The van der Waals surface area contributed by atoms with Crippen LogP contribution in [0.5, 0.6) is 0 Å². The number of hydrogen-bond donors (Lipinski definition) is 2. The lowest BCUT2D eigenvalue weighted by Crippen LogP contribution is -2.35. The van der Waals surface area contributed by atoms with Gasteiger partial charge in [0, 0.05) is 18.3 Å². The molecule has 0 saturated heterocycles. The van der Waals surface area contributed by atoms with Gasteiger partial charge in [-0.3, -0.25) is 4.79 Å². The molecule has 0 bridgehead atoms. The topological polar surface area (TPSA) is 61.4 Å². The van der Waals surface area contributed by atoms with Gasteiger partial charge >= 0.3 is 6.03 Å². The molecule has 2 N–H and O–H groups in total. The Labute approximate surface area is 141 Å². The Morgan fingerprint density at radius 3 is 2.54 bits per heavy atom. The maximum Gasteiger partial charge on any atom is 0.319 e. The van der Waals surface area contributed by atoms with Crippen molar-refractivity contribution in [2.75, 3.05) is 16.8 Å². The first-order chi connectivity index (χ1) is 11.6. The first-order valence-corrected chi connectivity index (χ1v) is 8.12. The van der Waals surface area contributed by atoms with Gasteiger partial charge in [-0.2, -0.15) is 0 Å². The van der Waals surface area contributed by atoms with Crippen LogP contribution in [0, 0.1) is 0 Å². The monoisotopic (exact) mass is 323 g/mol. The summed E-state index contributed by atoms with van der Waals surface area (Å²) in [6, 6.07) is 14.7. The Hall–Kier alpha value is -2.82. The van der Waals surface area contributed by atoms with E-state index in [2.05, 4.69) is 10.6 Å². The average Bonchev–Trinajstić information content (AvgIpc) is 2.98. The summed E-state index contributed by atoms with van der Waals surface area (Å²) in [6.07, 6.45) is 0.853. The van der Waals surface area contributed by atoms with Crippen LogP contribution in [0.2, 0.25) is 0 Å². The van der Waals surface area contributed by atoms with E-state index >= 15 is 0 Å². The zero-order chi connectivity index (χ0) is 17.1. The molecule has 2 aromatic carbocycles. The highest BCUT2D eigenvalue weighted by molar-refractivity contribution is 6.12. The van der Waals surface area contributed by atoms with E-state index < -0.39 is 0 Å². The zero-order valence-corrected chi connectivity index (χ0v) is 13.9. The molecule has 0 fully saturated rings. The van der Waals surface area contributed by atoms with E-state index in [-0.39, 0.29) is 18.0 Å². The highest BCUT2D eigenvalue weighted by Gasteiger charge is 2.26. The number of urea groups is 1. The lowest BCUT2D eigenvalue weighted by molar-refractivity contribution is 0.0990. The van der Waals surface area contributed by atoms with Gasteiger partial charge in [-0.1, -0.05) is 30.3 Å². The molecule has 3 rings (SSSR count). The Morgan fingerprint density at radius 1 is 1.04 bits per heavy atom. The molecule has 0 aromatic heterocycles. The molecule has 0 unspecified atom stereocenters. The number of carbonyl (C=O) groups excluding carboxylic acids is 2. The number of anilines is 2. The summed E-state index contributed by atoms with van der Waals surface area (Å²) in [5, 5.41) is 5.54. The highest BCUT2D eigenvalue weighted by atomic mass is 16.2. The molecular formula is C19H21N3O2. The van der Waals surface area contributed by atoms with Crippen LogP contribution in [0.1, 0.15) is 29.8 Å². The molecule has 0 atom stereocenters. The third-order valence-electron chi connectivity index (χ3n) is 3.96. The van der Waals surface area contributed by atoms with Crippen LogP contribution in [-0.2, 0) is 6.42 Å². The molecule has 0 spiro atoms. The van der Waals surface area contributed by atoms with E-state index in [1.54, 1.807) is 29.2 Å². The van der Waals surface area contributed by atoms with Crippen molar-refractivity contribution in [1.82, 2.24) is 5.32 Å². The Bertz CT molecular complexity index is 771. The van der Waals surface area contributed by atoms with Gasteiger partial charge in [-0.15, -0.1) is 0 Å². The number of benzene rings is 2. The number of amides is 3. The van der Waals surface area contributed by atoms with E-state index in [0.717, 1.165) is 12.1 Å². The maximum absolute atomic E-state index is 13.0. The van der Waals surface area contributed by atoms with E-state index in [9.17, 15) is 9.59 Å². The van der Waals surface area contributed by atoms with Crippen molar-refractivity contribution in [3.8, 4) is 0 Å². The lowest BCUT2D eigenvalue weighted by Gasteiger charge is -2.20. The van der Waals surface area contributed by atoms with Gasteiger partial charge in [0.25, 0.3) is 5.91 Å². The van der Waals surface area contributed by atoms with Gasteiger partial charge in [0.05, 0.1) is 11.3 Å². The molecule has 1 aliphatic rings. The largest absolute Gasteiger partial charge is 0.336 e. The molecule has 2 aromatic rings. The van der Waals surface area contributed by atoms with Crippen molar-refractivity contribution in [1.29, 1.82) is 0 Å². The molecule has 24 heavy (non-hydrogen) atoms. The summed E-state index contributed by atoms with van der Waals surface area (Å²) in [5.74, 6) is -0.0969. The van der Waals surface area contributed by atoms with Crippen LogP contribution >= 0.6 is 0 Å². The normalized spacial score (nSPS) is 12.9. The summed E-state index contributed by atoms with van der Waals surface area (Å²) < 4.78 is 0. The van der Waals surface area contributed by atoms with E-state index in [4.69, 9.17) is 0 Å². The van der Waals surface area contributed by atoms with E-state index in [1.165, 1.54) is 5.56 Å². The summed E-state index contributed by atoms with van der Waals surface area (Å²) in [4.78, 5) is 26.7. The minimum Gasteiger partial charge on any atom is -0.336 e. The van der Waals surface area contributed by atoms with Crippen LogP contribution in [0.4, 0.5) is 16.2 Å². The summed E-state index contributed by atoms with van der Waals surface area (Å²) >= 11 is 0. The van der Waals surface area contributed by atoms with Crippen molar-refractivity contribution in [3.63, 3.8) is 0 Å². The maximum atomic E-state index is 13.0. The number of rotatable bonds is 3. The SMILES string of the molecule is CC(C)NC(=O)Nc1ccccc1C(=O)N1CCc2ccccc21. The molecule has 124 valence electrons. The fourth-order valence-electron chi connectivity index (χ4n) is 2.89. The van der Waals surface area contributed by atoms with Gasteiger partial charge in [0.2, 0.25) is 0 Å². The third kappa shape index (κ3) is 3.25. The van der Waals surface area contributed by atoms with Crippen LogP contribution in [0.25, 0.3) is 0 Å². The molecule has 5 nitrogen and oxygen atoms in total. The second kappa shape index (κ2) is 6.74. The molecule has 0 saturated carbocycles. The lowest BCUT2D eigenvalue weighted by atomic mass is 10.1. The fourth-order valence-corrected chi connectivity index (χ4v) is 2.89. The zero-order valence-electron chi connectivity index (χ0n) is 13.9. The Morgan fingerprint density at radius 2 is 1.75 bits per heavy atom. The van der Waals surface area contributed by atoms with E-state index in [1.807, 2.05) is 38.1 Å². The predicted octanol–water partition coefficient (Wildman–Crippen LogP) is 3.42. The van der Waals surface area contributed by atoms with E-state index in [0.29, 0.717) is 17.8 Å². The first kappa shape index (κ1) is 16.1. The molecule has 0 aliphatic carbocycles. The second-order valence-corrected chi connectivity index (χ2v) is 6.13. The predicted molar refractivity (Wildman–Crippen MR) is 95.6 cm³/mol. The Kier molecular flexibility index (Phi) is 4.51. The fraction of sp³-hybridized carbons (Fsp3) is 0.263. The summed E-state index contributed by atoms with van der Waals surface area (Å²) in [5.41, 5.74) is 3.14. The van der Waals surface area contributed by atoms with Crippen LogP contribution < -0.4 is 15.5 Å². The van der Waals surface area contributed by atoms with Gasteiger partial charge < -0.3 is 15.5 Å². The van der Waals surface area contributed by atoms with Crippen molar-refractivity contribution in [2.24, 2.45) is 0 Å². The van der Waals surface area contributed by atoms with Crippen LogP contribution in [0.3, 0.4) is 0 Å². The summed E-state index contributed by atoms with van der Waals surface area (Å²) in [7, 11) is 0. The second-order valence-electron chi connectivity index (χ2n) is 6.13. The molecular weight excluding hydrogens is 302 g/mol. The number of fused-ring (bicyclic) bond motifs is 1. The van der Waals surface area contributed by atoms with Gasteiger partial charge in [-0.05, 0) is 44.0 Å². The van der Waals surface area contributed by atoms with Crippen LogP contribution in [-0.4, -0.2) is 24.5 Å². The minimum absolute atomic E-state index is 0.0262. The minimum atomic E-state index is -0.313. The highest BCUT2D eigenvalue weighted by Crippen LogP contribution is 2.30. The smallest absolute Gasteiger partial charge is 0.319 e.